The molecule has 2 heterocycles. The van der Waals surface area contributed by atoms with Gasteiger partial charge >= 0.3 is 0 Å². The van der Waals surface area contributed by atoms with Crippen molar-refractivity contribution >= 4 is 35.5 Å². The maximum absolute atomic E-state index is 14.2. The number of aliphatic hydroxyl groups is 1. The molecule has 0 radical (unpaired) electrons. The molecule has 7 nitrogen and oxygen atoms in total. The molecule has 2 aromatic heterocycles. The number of amides is 1. The van der Waals surface area contributed by atoms with E-state index in [1.165, 1.54) is 6.20 Å². The number of aromatic nitrogens is 2. The summed E-state index contributed by atoms with van der Waals surface area (Å²) in [5.74, 6) is -4.03. The van der Waals surface area contributed by atoms with Gasteiger partial charge < -0.3 is 20.9 Å². The van der Waals surface area contributed by atoms with E-state index in [9.17, 15) is 18.0 Å². The number of halogens is 4. The number of anilines is 1. The first-order valence-corrected chi connectivity index (χ1v) is 9.52. The van der Waals surface area contributed by atoms with Crippen molar-refractivity contribution in [2.24, 2.45) is 11.7 Å². The zero-order chi connectivity index (χ0) is 21.7. The minimum absolute atomic E-state index is 0. The Kier molecular flexibility index (Phi) is 8.75. The van der Waals surface area contributed by atoms with Crippen molar-refractivity contribution in [2.75, 3.05) is 25.1 Å². The van der Waals surface area contributed by atoms with Crippen molar-refractivity contribution in [1.29, 1.82) is 0 Å². The predicted octanol–water partition coefficient (Wildman–Crippen LogP) is 3.24. The molecule has 0 saturated heterocycles. The van der Waals surface area contributed by atoms with E-state index < -0.39 is 34.6 Å². The number of carbonyl (C=O) groups is 1. The first kappa shape index (κ1) is 24.5. The van der Waals surface area contributed by atoms with Gasteiger partial charge in [0.1, 0.15) is 34.5 Å². The van der Waals surface area contributed by atoms with E-state index in [-0.39, 0.29) is 54.5 Å². The quantitative estimate of drug-likeness (QED) is 0.462. The molecule has 1 atom stereocenters. The standard InChI is InChI=1S/C19H17F3N4O3S.ClH/c20-11-2-1-3-12(21)16(11)17-13(22)4-5-14(25-17)18(28)26-15-7-24-30-19(15)29-9-10(6-23)8-27;/h1-5,7,10,27H,6,8-9,23H2,(H,26,28);1H. The van der Waals surface area contributed by atoms with Crippen LogP contribution in [0.25, 0.3) is 11.3 Å². The molecule has 4 N–H and O–H groups in total. The number of hydrogen-bond acceptors (Lipinski definition) is 7. The number of nitrogens with one attached hydrogen (secondary N) is 1. The molecule has 0 aliphatic heterocycles. The summed E-state index contributed by atoms with van der Waals surface area (Å²) in [5, 5.41) is 12.0. The Morgan fingerprint density at radius 1 is 1.19 bits per heavy atom. The average molecular weight is 475 g/mol. The van der Waals surface area contributed by atoms with E-state index in [2.05, 4.69) is 14.7 Å². The van der Waals surface area contributed by atoms with Crippen LogP contribution in [0.2, 0.25) is 0 Å². The van der Waals surface area contributed by atoms with Gasteiger partial charge in [0.25, 0.3) is 5.91 Å². The molecule has 0 saturated carbocycles. The summed E-state index contributed by atoms with van der Waals surface area (Å²) in [5.41, 5.74) is 4.18. The highest BCUT2D eigenvalue weighted by atomic mass is 35.5. The molecule has 31 heavy (non-hydrogen) atoms. The van der Waals surface area contributed by atoms with Gasteiger partial charge in [-0.1, -0.05) is 6.07 Å². The van der Waals surface area contributed by atoms with Crippen molar-refractivity contribution in [3.8, 4) is 16.3 Å². The largest absolute Gasteiger partial charge is 0.481 e. The van der Waals surface area contributed by atoms with Gasteiger partial charge in [0.05, 0.1) is 25.0 Å². The molecule has 0 bridgehead atoms. The highest BCUT2D eigenvalue weighted by molar-refractivity contribution is 7.08. The van der Waals surface area contributed by atoms with Crippen LogP contribution >= 0.6 is 23.9 Å². The Hall–Kier alpha value is -2.73. The number of rotatable bonds is 8. The van der Waals surface area contributed by atoms with Crippen molar-refractivity contribution in [3.63, 3.8) is 0 Å². The van der Waals surface area contributed by atoms with E-state index in [1.807, 2.05) is 0 Å². The van der Waals surface area contributed by atoms with Crippen LogP contribution in [0, 0.1) is 23.4 Å². The van der Waals surface area contributed by atoms with Crippen LogP contribution in [0.4, 0.5) is 18.9 Å². The third-order valence-electron chi connectivity index (χ3n) is 4.11. The fraction of sp³-hybridized carbons (Fsp3) is 0.211. The second-order valence-electron chi connectivity index (χ2n) is 6.20. The number of carbonyl (C=O) groups excluding carboxylic acids is 1. The van der Waals surface area contributed by atoms with E-state index in [4.69, 9.17) is 15.6 Å². The topological polar surface area (TPSA) is 110 Å². The third kappa shape index (κ3) is 5.70. The van der Waals surface area contributed by atoms with Gasteiger partial charge in [0.2, 0.25) is 5.06 Å². The highest BCUT2D eigenvalue weighted by Crippen LogP contribution is 2.30. The highest BCUT2D eigenvalue weighted by Gasteiger charge is 2.20. The van der Waals surface area contributed by atoms with Crippen LogP contribution in [-0.2, 0) is 0 Å². The third-order valence-corrected chi connectivity index (χ3v) is 4.82. The Labute approximate surface area is 185 Å². The van der Waals surface area contributed by atoms with E-state index in [1.54, 1.807) is 0 Å². The Morgan fingerprint density at radius 3 is 2.55 bits per heavy atom. The average Bonchev–Trinajstić information content (AvgIpc) is 3.16. The molecule has 1 unspecified atom stereocenters. The lowest BCUT2D eigenvalue weighted by Gasteiger charge is -2.13. The van der Waals surface area contributed by atoms with Gasteiger partial charge in [-0.2, -0.15) is 4.37 Å². The molecule has 1 amide bonds. The van der Waals surface area contributed by atoms with Crippen LogP contribution in [0.1, 0.15) is 10.5 Å². The lowest BCUT2D eigenvalue weighted by molar-refractivity contribution is 0.102. The van der Waals surface area contributed by atoms with Gasteiger partial charge in [0, 0.05) is 24.0 Å². The van der Waals surface area contributed by atoms with E-state index in [0.29, 0.717) is 0 Å². The zero-order valence-corrected chi connectivity index (χ0v) is 17.5. The van der Waals surface area contributed by atoms with Gasteiger partial charge in [-0.05, 0) is 24.3 Å². The normalized spacial score (nSPS) is 11.5. The molecule has 0 spiro atoms. The number of hydrogen-bond donors (Lipinski definition) is 3. The summed E-state index contributed by atoms with van der Waals surface area (Å²) >= 11 is 0.967. The Balaban J connectivity index is 0.00000341. The van der Waals surface area contributed by atoms with Crippen LogP contribution in [0.5, 0.6) is 5.06 Å². The molecular formula is C19H18ClF3N4O3S. The molecule has 166 valence electrons. The summed E-state index contributed by atoms with van der Waals surface area (Å²) < 4.78 is 51.7. The van der Waals surface area contributed by atoms with Crippen molar-refractivity contribution in [2.45, 2.75) is 0 Å². The zero-order valence-electron chi connectivity index (χ0n) is 15.8. The van der Waals surface area contributed by atoms with Crippen molar-refractivity contribution in [1.82, 2.24) is 9.36 Å². The number of nitrogens with two attached hydrogens (primary N) is 1. The number of pyridine rings is 1. The fourth-order valence-corrected chi connectivity index (χ4v) is 3.04. The van der Waals surface area contributed by atoms with E-state index >= 15 is 0 Å². The predicted molar refractivity (Wildman–Crippen MR) is 112 cm³/mol. The molecule has 3 rings (SSSR count). The number of nitrogens with zero attached hydrogens (tertiary/aromatic N) is 2. The second-order valence-corrected chi connectivity index (χ2v) is 6.96. The molecule has 1 aromatic carbocycles. The van der Waals surface area contributed by atoms with E-state index in [0.717, 1.165) is 41.9 Å². The van der Waals surface area contributed by atoms with Crippen LogP contribution in [-0.4, -0.2) is 40.1 Å². The number of benzene rings is 1. The SMILES string of the molecule is Cl.NCC(CO)COc1sncc1NC(=O)c1ccc(F)c(-c2c(F)cccc2F)n1. The Bertz CT molecular complexity index is 1030. The molecular weight excluding hydrogens is 457 g/mol. The maximum atomic E-state index is 14.2. The lowest BCUT2D eigenvalue weighted by atomic mass is 10.1. The van der Waals surface area contributed by atoms with Crippen LogP contribution < -0.4 is 15.8 Å². The summed E-state index contributed by atoms with van der Waals surface area (Å²) in [4.78, 5) is 16.4. The first-order chi connectivity index (χ1) is 14.4. The summed E-state index contributed by atoms with van der Waals surface area (Å²) in [6, 6.07) is 5.06. The van der Waals surface area contributed by atoms with Crippen molar-refractivity contribution < 1.29 is 27.8 Å². The fourth-order valence-electron chi connectivity index (χ4n) is 2.46. The summed E-state index contributed by atoms with van der Waals surface area (Å²) in [6.45, 7) is 0.168. The van der Waals surface area contributed by atoms with Gasteiger partial charge in [-0.25, -0.2) is 18.2 Å². The first-order valence-electron chi connectivity index (χ1n) is 8.75. The number of aliphatic hydroxyl groups excluding tert-OH is 1. The lowest BCUT2D eigenvalue weighted by Crippen LogP contribution is -2.24. The van der Waals surface area contributed by atoms with Crippen LogP contribution in [0.15, 0.2) is 36.5 Å². The summed E-state index contributed by atoms with van der Waals surface area (Å²) in [7, 11) is 0. The van der Waals surface area contributed by atoms with Crippen LogP contribution in [0.3, 0.4) is 0 Å². The molecule has 12 heteroatoms. The van der Waals surface area contributed by atoms with Crippen molar-refractivity contribution in [3.05, 3.63) is 59.7 Å². The summed E-state index contributed by atoms with van der Waals surface area (Å²) in [6.07, 6.45) is 1.34. The Morgan fingerprint density at radius 2 is 1.90 bits per heavy atom. The number of ether oxygens (including phenoxy) is 1. The smallest absolute Gasteiger partial charge is 0.274 e. The molecule has 0 aliphatic rings. The maximum Gasteiger partial charge on any atom is 0.274 e. The molecule has 0 aliphatic carbocycles. The molecule has 3 aromatic rings. The van der Waals surface area contributed by atoms with Gasteiger partial charge in [-0.15, -0.1) is 12.4 Å². The molecule has 0 fully saturated rings. The minimum Gasteiger partial charge on any atom is -0.481 e. The van der Waals surface area contributed by atoms with Gasteiger partial charge in [-0.3, -0.25) is 4.79 Å². The monoisotopic (exact) mass is 474 g/mol. The van der Waals surface area contributed by atoms with Gasteiger partial charge in [0.15, 0.2) is 0 Å². The minimum atomic E-state index is -1.00. The second kappa shape index (κ2) is 11.0.